The highest BCUT2D eigenvalue weighted by Gasteiger charge is 2.24. The molecule has 2 rings (SSSR count). The lowest BCUT2D eigenvalue weighted by atomic mass is 10.1. The molecule has 0 bridgehead atoms. The van der Waals surface area contributed by atoms with E-state index < -0.39 is 22.5 Å². The molecule has 0 aliphatic rings. The number of carbonyl (C=O) groups is 2. The molecule has 0 atom stereocenters. The maximum absolute atomic E-state index is 11.9. The van der Waals surface area contributed by atoms with Crippen LogP contribution in [0.25, 0.3) is 0 Å². The normalized spacial score (nSPS) is 9.86. The van der Waals surface area contributed by atoms with Crippen molar-refractivity contribution in [3.63, 3.8) is 0 Å². The van der Waals surface area contributed by atoms with Gasteiger partial charge in [-0.2, -0.15) is 0 Å². The highest BCUT2D eigenvalue weighted by molar-refractivity contribution is 6.06. The first-order chi connectivity index (χ1) is 10.5. The first-order valence-corrected chi connectivity index (χ1v) is 6.03. The number of carbonyl (C=O) groups excluding carboxylic acids is 2. The fourth-order valence-electron chi connectivity index (χ4n) is 1.76. The number of para-hydroxylation sites is 2. The molecule has 0 spiro atoms. The molecule has 0 radical (unpaired) electrons. The Morgan fingerprint density at radius 1 is 1.00 bits per heavy atom. The van der Waals surface area contributed by atoms with Crippen molar-refractivity contribution >= 4 is 23.3 Å². The summed E-state index contributed by atoms with van der Waals surface area (Å²) in [4.78, 5) is 34.0. The van der Waals surface area contributed by atoms with Crippen LogP contribution in [0.15, 0.2) is 48.5 Å². The van der Waals surface area contributed by atoms with E-state index >= 15 is 0 Å². The Morgan fingerprint density at radius 2 is 1.55 bits per heavy atom. The molecule has 2 N–H and O–H groups in total. The van der Waals surface area contributed by atoms with Crippen LogP contribution in [0.1, 0.15) is 20.7 Å². The second-order valence-corrected chi connectivity index (χ2v) is 4.11. The van der Waals surface area contributed by atoms with E-state index in [-0.39, 0.29) is 16.8 Å². The molecule has 8 heteroatoms. The summed E-state index contributed by atoms with van der Waals surface area (Å²) >= 11 is 0. The molecule has 0 aliphatic heterocycles. The smallest absolute Gasteiger partial charge is 0.353 e. The van der Waals surface area contributed by atoms with Crippen LogP contribution in [-0.4, -0.2) is 22.1 Å². The number of anilines is 1. The third-order valence-electron chi connectivity index (χ3n) is 2.77. The van der Waals surface area contributed by atoms with Crippen LogP contribution >= 0.6 is 0 Å². The second-order valence-electron chi connectivity index (χ2n) is 4.11. The lowest BCUT2D eigenvalue weighted by molar-refractivity contribution is -0.385. The van der Waals surface area contributed by atoms with Crippen LogP contribution in [0.2, 0.25) is 0 Å². The van der Waals surface area contributed by atoms with Crippen LogP contribution in [0.4, 0.5) is 11.4 Å². The van der Waals surface area contributed by atoms with Crippen molar-refractivity contribution < 1.29 is 24.5 Å². The minimum atomic E-state index is -1.15. The summed E-state index contributed by atoms with van der Waals surface area (Å²) in [7, 11) is 0. The molecule has 0 aliphatic carbocycles. The first-order valence-electron chi connectivity index (χ1n) is 6.03. The van der Waals surface area contributed by atoms with Gasteiger partial charge in [-0.15, -0.1) is 0 Å². The number of nitro groups is 1. The predicted molar refractivity (Wildman–Crippen MR) is 74.7 cm³/mol. The van der Waals surface area contributed by atoms with Crippen molar-refractivity contribution in [3.05, 3.63) is 69.8 Å². The van der Waals surface area contributed by atoms with Gasteiger partial charge in [0.1, 0.15) is 5.56 Å². The highest BCUT2D eigenvalue weighted by Crippen LogP contribution is 2.20. The van der Waals surface area contributed by atoms with Gasteiger partial charge in [0.15, 0.2) is 0 Å². The van der Waals surface area contributed by atoms with Crippen molar-refractivity contribution in [1.82, 2.24) is 0 Å². The number of nitrogens with zero attached hydrogens (tertiary/aromatic N) is 1. The molecule has 2 aromatic carbocycles. The SMILES string of the molecule is O=C(OC(=O)c1ccccc1[N+](=O)[O-])c1ccccc1NO. The van der Waals surface area contributed by atoms with Gasteiger partial charge in [-0.1, -0.05) is 24.3 Å². The van der Waals surface area contributed by atoms with Crippen LogP contribution in [-0.2, 0) is 4.74 Å². The Bertz CT molecular complexity index is 744. The molecule has 112 valence electrons. The number of benzene rings is 2. The molecule has 0 saturated carbocycles. The van der Waals surface area contributed by atoms with Gasteiger partial charge in [-0.25, -0.2) is 9.59 Å². The zero-order valence-corrected chi connectivity index (χ0v) is 11.1. The van der Waals surface area contributed by atoms with Gasteiger partial charge in [0, 0.05) is 6.07 Å². The largest absolute Gasteiger partial charge is 0.385 e. The van der Waals surface area contributed by atoms with E-state index in [1.54, 1.807) is 11.5 Å². The molecule has 0 saturated heterocycles. The van der Waals surface area contributed by atoms with Gasteiger partial charge in [-0.05, 0) is 18.2 Å². The topological polar surface area (TPSA) is 119 Å². The maximum Gasteiger partial charge on any atom is 0.353 e. The monoisotopic (exact) mass is 302 g/mol. The average molecular weight is 302 g/mol. The Kier molecular flexibility index (Phi) is 4.44. The summed E-state index contributed by atoms with van der Waals surface area (Å²) in [6.45, 7) is 0. The summed E-state index contributed by atoms with van der Waals surface area (Å²) < 4.78 is 4.62. The molecule has 0 aromatic heterocycles. The fourth-order valence-corrected chi connectivity index (χ4v) is 1.76. The van der Waals surface area contributed by atoms with Gasteiger partial charge in [-0.3, -0.25) is 20.8 Å². The molecule has 2 aromatic rings. The van der Waals surface area contributed by atoms with E-state index in [1.165, 1.54) is 36.4 Å². The maximum atomic E-state index is 11.9. The second kappa shape index (κ2) is 6.46. The quantitative estimate of drug-likeness (QED) is 0.385. The van der Waals surface area contributed by atoms with E-state index in [1.807, 2.05) is 0 Å². The van der Waals surface area contributed by atoms with Gasteiger partial charge >= 0.3 is 11.9 Å². The number of ether oxygens (including phenoxy) is 1. The van der Waals surface area contributed by atoms with Crippen molar-refractivity contribution in [2.75, 3.05) is 5.48 Å². The number of esters is 2. The van der Waals surface area contributed by atoms with E-state index in [0.29, 0.717) is 0 Å². The van der Waals surface area contributed by atoms with Crippen molar-refractivity contribution in [3.8, 4) is 0 Å². The summed E-state index contributed by atoms with van der Waals surface area (Å²) in [6.07, 6.45) is 0. The van der Waals surface area contributed by atoms with E-state index in [2.05, 4.69) is 4.74 Å². The van der Waals surface area contributed by atoms with Crippen LogP contribution in [0, 0.1) is 10.1 Å². The van der Waals surface area contributed by atoms with E-state index in [4.69, 9.17) is 5.21 Å². The summed E-state index contributed by atoms with van der Waals surface area (Å²) in [5.74, 6) is -2.19. The first kappa shape index (κ1) is 15.1. The third kappa shape index (κ3) is 3.07. The van der Waals surface area contributed by atoms with Crippen LogP contribution in [0.5, 0.6) is 0 Å². The zero-order valence-electron chi connectivity index (χ0n) is 11.1. The van der Waals surface area contributed by atoms with Gasteiger partial charge in [0.2, 0.25) is 0 Å². The van der Waals surface area contributed by atoms with Gasteiger partial charge in [0.05, 0.1) is 16.2 Å². The average Bonchev–Trinajstić information content (AvgIpc) is 2.54. The number of hydrogen-bond donors (Lipinski definition) is 2. The van der Waals surface area contributed by atoms with E-state index in [0.717, 1.165) is 6.07 Å². The number of rotatable bonds is 4. The minimum absolute atomic E-state index is 0.0443. The summed E-state index contributed by atoms with van der Waals surface area (Å²) in [5, 5.41) is 19.8. The lowest BCUT2D eigenvalue weighted by Crippen LogP contribution is -2.15. The standard InChI is InChI=1S/C14H10N2O6/c17-13(9-5-1-3-7-11(9)15-19)22-14(18)10-6-2-4-8-12(10)16(20)21/h1-8,15,19H. The molecule has 0 fully saturated rings. The Hall–Kier alpha value is -3.26. The van der Waals surface area contributed by atoms with Gasteiger partial charge < -0.3 is 4.74 Å². The Morgan fingerprint density at radius 3 is 2.18 bits per heavy atom. The molecule has 22 heavy (non-hydrogen) atoms. The molecule has 0 amide bonds. The molecular weight excluding hydrogens is 292 g/mol. The summed E-state index contributed by atoms with van der Waals surface area (Å²) in [5.41, 5.74) is 0.955. The van der Waals surface area contributed by atoms with E-state index in [9.17, 15) is 19.7 Å². The highest BCUT2D eigenvalue weighted by atomic mass is 16.6. The Balaban J connectivity index is 2.26. The zero-order chi connectivity index (χ0) is 16.1. The van der Waals surface area contributed by atoms with Gasteiger partial charge in [0.25, 0.3) is 5.69 Å². The third-order valence-corrected chi connectivity index (χ3v) is 2.77. The van der Waals surface area contributed by atoms with Crippen LogP contribution in [0.3, 0.4) is 0 Å². The van der Waals surface area contributed by atoms with Crippen LogP contribution < -0.4 is 5.48 Å². The van der Waals surface area contributed by atoms with Crippen molar-refractivity contribution in [1.29, 1.82) is 0 Å². The van der Waals surface area contributed by atoms with Crippen molar-refractivity contribution in [2.24, 2.45) is 0 Å². The number of nitrogens with one attached hydrogen (secondary N) is 1. The lowest BCUT2D eigenvalue weighted by Gasteiger charge is -2.07. The Labute approximate surface area is 124 Å². The number of hydrogen-bond acceptors (Lipinski definition) is 7. The molecule has 8 nitrogen and oxygen atoms in total. The fraction of sp³-hybridized carbons (Fsp3) is 0. The molecular formula is C14H10N2O6. The predicted octanol–water partition coefficient (Wildman–Crippen LogP) is 2.39. The summed E-state index contributed by atoms with van der Waals surface area (Å²) in [6, 6.07) is 10.9. The van der Waals surface area contributed by atoms with Crippen molar-refractivity contribution in [2.45, 2.75) is 0 Å². The number of nitro benzene ring substituents is 1. The minimum Gasteiger partial charge on any atom is -0.385 e. The molecule has 0 heterocycles. The molecule has 0 unspecified atom stereocenters.